The minimum Gasteiger partial charge on any atom is -0.331 e. The summed E-state index contributed by atoms with van der Waals surface area (Å²) in [6, 6.07) is 3.56. The zero-order chi connectivity index (χ0) is 17.3. The van der Waals surface area contributed by atoms with E-state index in [1.807, 2.05) is 4.90 Å². The molecule has 3 atom stereocenters. The standard InChI is InChI=1S/C18H25F2N3O/c1-12(14-6-3-7-15(19)17(14)20)21-18(24)23-9-4-5-13-11-22(2)10-8-16(13)23/h3,6-7,12-13,16H,4-5,8-11H2,1-2H3,(H,21,24)/t12-,13+,16+/m0/s1. The van der Waals surface area contributed by atoms with Crippen LogP contribution in [-0.2, 0) is 0 Å². The van der Waals surface area contributed by atoms with Crippen LogP contribution in [-0.4, -0.2) is 48.6 Å². The Labute approximate surface area is 141 Å². The topological polar surface area (TPSA) is 35.6 Å². The van der Waals surface area contributed by atoms with Crippen molar-refractivity contribution in [1.29, 1.82) is 0 Å². The van der Waals surface area contributed by atoms with E-state index in [1.54, 1.807) is 6.92 Å². The Morgan fingerprint density at radius 1 is 1.29 bits per heavy atom. The van der Waals surface area contributed by atoms with E-state index in [0.29, 0.717) is 5.92 Å². The maximum atomic E-state index is 13.9. The Morgan fingerprint density at radius 2 is 2.08 bits per heavy atom. The van der Waals surface area contributed by atoms with Crippen LogP contribution in [0.3, 0.4) is 0 Å². The largest absolute Gasteiger partial charge is 0.331 e. The van der Waals surface area contributed by atoms with Crippen LogP contribution in [0.1, 0.15) is 37.8 Å². The summed E-state index contributed by atoms with van der Waals surface area (Å²) in [6.45, 7) is 4.42. The Hall–Kier alpha value is -1.69. The van der Waals surface area contributed by atoms with Crippen LogP contribution in [0.5, 0.6) is 0 Å². The maximum Gasteiger partial charge on any atom is 0.318 e. The molecule has 1 aromatic rings. The number of rotatable bonds is 2. The molecule has 2 heterocycles. The number of hydrogen-bond donors (Lipinski definition) is 1. The molecule has 1 aromatic carbocycles. The lowest BCUT2D eigenvalue weighted by Gasteiger charge is -2.46. The quantitative estimate of drug-likeness (QED) is 0.900. The van der Waals surface area contributed by atoms with Gasteiger partial charge in [-0.3, -0.25) is 0 Å². The first-order valence-corrected chi connectivity index (χ1v) is 8.67. The number of halogens is 2. The monoisotopic (exact) mass is 337 g/mol. The molecule has 0 saturated carbocycles. The molecule has 1 N–H and O–H groups in total. The van der Waals surface area contributed by atoms with E-state index >= 15 is 0 Å². The van der Waals surface area contributed by atoms with Crippen LogP contribution in [0.15, 0.2) is 18.2 Å². The molecule has 24 heavy (non-hydrogen) atoms. The van der Waals surface area contributed by atoms with Gasteiger partial charge >= 0.3 is 6.03 Å². The summed E-state index contributed by atoms with van der Waals surface area (Å²) in [4.78, 5) is 16.9. The van der Waals surface area contributed by atoms with Gasteiger partial charge in [0.2, 0.25) is 0 Å². The number of likely N-dealkylation sites (tertiary alicyclic amines) is 2. The molecule has 3 rings (SSSR count). The smallest absolute Gasteiger partial charge is 0.318 e. The van der Waals surface area contributed by atoms with Gasteiger partial charge in [0, 0.05) is 24.7 Å². The highest BCUT2D eigenvalue weighted by Crippen LogP contribution is 2.30. The Kier molecular flexibility index (Phi) is 5.04. The minimum atomic E-state index is -0.888. The van der Waals surface area contributed by atoms with Gasteiger partial charge in [-0.2, -0.15) is 0 Å². The summed E-state index contributed by atoms with van der Waals surface area (Å²) in [7, 11) is 2.12. The predicted molar refractivity (Wildman–Crippen MR) is 88.6 cm³/mol. The van der Waals surface area contributed by atoms with Crippen molar-refractivity contribution in [2.75, 3.05) is 26.7 Å². The number of benzene rings is 1. The molecule has 2 saturated heterocycles. The molecule has 132 valence electrons. The molecule has 0 radical (unpaired) electrons. The molecule has 0 aliphatic carbocycles. The minimum absolute atomic E-state index is 0.176. The molecule has 0 spiro atoms. The SMILES string of the molecule is C[C@H](NC(=O)N1CCC[C@@H]2CN(C)CC[C@H]21)c1cccc(F)c1F. The lowest BCUT2D eigenvalue weighted by molar-refractivity contribution is 0.0525. The van der Waals surface area contributed by atoms with E-state index in [4.69, 9.17) is 0 Å². The van der Waals surface area contributed by atoms with Crippen molar-refractivity contribution in [2.45, 2.75) is 38.3 Å². The summed E-state index contributed by atoms with van der Waals surface area (Å²) in [5.41, 5.74) is 0.181. The number of fused-ring (bicyclic) bond motifs is 1. The number of nitrogens with one attached hydrogen (secondary N) is 1. The number of piperidine rings is 2. The van der Waals surface area contributed by atoms with Gasteiger partial charge in [-0.05, 0) is 51.8 Å². The first-order valence-electron chi connectivity index (χ1n) is 8.67. The molecule has 0 aromatic heterocycles. The molecule has 2 aliphatic heterocycles. The van der Waals surface area contributed by atoms with Crippen molar-refractivity contribution in [3.05, 3.63) is 35.4 Å². The van der Waals surface area contributed by atoms with Crippen LogP contribution in [0, 0.1) is 17.6 Å². The van der Waals surface area contributed by atoms with Crippen molar-refractivity contribution in [2.24, 2.45) is 5.92 Å². The molecular formula is C18H25F2N3O. The molecule has 2 amide bonds. The number of carbonyl (C=O) groups is 1. The summed E-state index contributed by atoms with van der Waals surface area (Å²) < 4.78 is 27.3. The van der Waals surface area contributed by atoms with Gasteiger partial charge in [-0.15, -0.1) is 0 Å². The molecular weight excluding hydrogens is 312 g/mol. The van der Waals surface area contributed by atoms with Gasteiger partial charge in [0.1, 0.15) is 0 Å². The Morgan fingerprint density at radius 3 is 2.88 bits per heavy atom. The lowest BCUT2D eigenvalue weighted by Crippen LogP contribution is -2.57. The second kappa shape index (κ2) is 7.05. The van der Waals surface area contributed by atoms with Crippen LogP contribution in [0.25, 0.3) is 0 Å². The van der Waals surface area contributed by atoms with Crippen molar-refractivity contribution < 1.29 is 13.6 Å². The third kappa shape index (κ3) is 3.38. The molecule has 0 bridgehead atoms. The molecule has 6 heteroatoms. The highest BCUT2D eigenvalue weighted by molar-refractivity contribution is 5.75. The fourth-order valence-electron chi connectivity index (χ4n) is 4.04. The van der Waals surface area contributed by atoms with Crippen molar-refractivity contribution in [1.82, 2.24) is 15.1 Å². The zero-order valence-electron chi connectivity index (χ0n) is 14.3. The van der Waals surface area contributed by atoms with Gasteiger partial charge in [0.05, 0.1) is 6.04 Å². The van der Waals surface area contributed by atoms with Gasteiger partial charge in [0.15, 0.2) is 11.6 Å². The second-order valence-corrected chi connectivity index (χ2v) is 7.03. The van der Waals surface area contributed by atoms with Crippen molar-refractivity contribution >= 4 is 6.03 Å². The fraction of sp³-hybridized carbons (Fsp3) is 0.611. The van der Waals surface area contributed by atoms with Gasteiger partial charge in [0.25, 0.3) is 0 Å². The van der Waals surface area contributed by atoms with E-state index in [9.17, 15) is 13.6 Å². The number of hydrogen-bond acceptors (Lipinski definition) is 2. The van der Waals surface area contributed by atoms with Crippen molar-refractivity contribution in [3.63, 3.8) is 0 Å². The average molecular weight is 337 g/mol. The zero-order valence-corrected chi connectivity index (χ0v) is 14.3. The Balaban J connectivity index is 1.68. The molecule has 2 aliphatic rings. The molecule has 2 fully saturated rings. The third-order valence-electron chi connectivity index (χ3n) is 5.32. The summed E-state index contributed by atoms with van der Waals surface area (Å²) in [6.07, 6.45) is 3.11. The number of amides is 2. The summed E-state index contributed by atoms with van der Waals surface area (Å²) >= 11 is 0. The van der Waals surface area contributed by atoms with Crippen LogP contribution in [0.4, 0.5) is 13.6 Å². The van der Waals surface area contributed by atoms with Crippen LogP contribution >= 0.6 is 0 Å². The van der Waals surface area contributed by atoms with Crippen molar-refractivity contribution in [3.8, 4) is 0 Å². The highest BCUT2D eigenvalue weighted by atomic mass is 19.2. The number of nitrogens with zero attached hydrogens (tertiary/aromatic N) is 2. The summed E-state index contributed by atoms with van der Waals surface area (Å²) in [5, 5.41) is 2.84. The normalized spacial score (nSPS) is 25.9. The number of carbonyl (C=O) groups excluding carboxylic acids is 1. The van der Waals surface area contributed by atoms with Crippen LogP contribution in [0.2, 0.25) is 0 Å². The lowest BCUT2D eigenvalue weighted by atomic mass is 9.84. The van der Waals surface area contributed by atoms with Gasteiger partial charge < -0.3 is 15.1 Å². The van der Waals surface area contributed by atoms with E-state index in [-0.39, 0.29) is 17.6 Å². The summed E-state index contributed by atoms with van der Waals surface area (Å²) in [5.74, 6) is -1.27. The fourth-order valence-corrected chi connectivity index (χ4v) is 4.04. The van der Waals surface area contributed by atoms with E-state index in [2.05, 4.69) is 17.3 Å². The second-order valence-electron chi connectivity index (χ2n) is 7.03. The first kappa shape index (κ1) is 17.1. The number of urea groups is 1. The van der Waals surface area contributed by atoms with E-state index in [1.165, 1.54) is 12.1 Å². The Bertz CT molecular complexity index is 610. The highest BCUT2D eigenvalue weighted by Gasteiger charge is 2.37. The van der Waals surface area contributed by atoms with Gasteiger partial charge in [-0.1, -0.05) is 12.1 Å². The van der Waals surface area contributed by atoms with E-state index in [0.717, 1.165) is 45.0 Å². The average Bonchev–Trinajstić information content (AvgIpc) is 2.56. The van der Waals surface area contributed by atoms with Crippen LogP contribution < -0.4 is 5.32 Å². The molecule has 4 nitrogen and oxygen atoms in total. The maximum absolute atomic E-state index is 13.9. The van der Waals surface area contributed by atoms with Gasteiger partial charge in [-0.25, -0.2) is 13.6 Å². The van der Waals surface area contributed by atoms with E-state index < -0.39 is 17.7 Å². The molecule has 0 unspecified atom stereocenters. The first-order chi connectivity index (χ1) is 11.5. The third-order valence-corrected chi connectivity index (χ3v) is 5.32. The predicted octanol–water partition coefficient (Wildman–Crippen LogP) is 3.15.